The Bertz CT molecular complexity index is 719. The second-order valence-electron chi connectivity index (χ2n) is 3.76. The number of hydrogen-bond acceptors (Lipinski definition) is 5. The number of hydrogen-bond donors (Lipinski definition) is 3. The van der Waals surface area contributed by atoms with Gasteiger partial charge in [0, 0.05) is 12.6 Å². The monoisotopic (exact) mass is 280 g/mol. The third kappa shape index (κ3) is 3.18. The minimum Gasteiger partial charge on any atom is -0.326 e. The lowest BCUT2D eigenvalue weighted by molar-refractivity contribution is 0.600. The first-order valence-electron chi connectivity index (χ1n) is 5.39. The maximum absolute atomic E-state index is 12.1. The predicted molar refractivity (Wildman–Crippen MR) is 70.0 cm³/mol. The van der Waals surface area contributed by atoms with E-state index in [1.807, 2.05) is 0 Å². The van der Waals surface area contributed by atoms with Gasteiger partial charge < -0.3 is 5.73 Å². The fraction of sp³-hybridized carbons (Fsp3) is 0.0909. The van der Waals surface area contributed by atoms with Gasteiger partial charge in [-0.05, 0) is 23.8 Å². The van der Waals surface area contributed by atoms with Crippen LogP contribution in [-0.2, 0) is 16.6 Å². The highest BCUT2D eigenvalue weighted by atomic mass is 32.2. The molecule has 0 amide bonds. The lowest BCUT2D eigenvalue weighted by Crippen LogP contribution is -2.16. The number of rotatable bonds is 4. The smallest absolute Gasteiger partial charge is 0.264 e. The van der Waals surface area contributed by atoms with E-state index in [2.05, 4.69) is 14.9 Å². The van der Waals surface area contributed by atoms with Gasteiger partial charge in [-0.1, -0.05) is 12.1 Å². The van der Waals surface area contributed by atoms with Gasteiger partial charge in [0.15, 0.2) is 5.82 Å². The molecule has 2 rings (SSSR count). The summed E-state index contributed by atoms with van der Waals surface area (Å²) in [7, 11) is -3.75. The molecule has 100 valence electrons. The van der Waals surface area contributed by atoms with Crippen LogP contribution >= 0.6 is 0 Å². The fourth-order valence-corrected chi connectivity index (χ4v) is 2.51. The highest BCUT2D eigenvalue weighted by Gasteiger charge is 2.15. The molecule has 0 saturated heterocycles. The molecule has 0 unspecified atom stereocenters. The van der Waals surface area contributed by atoms with Crippen LogP contribution in [0.2, 0.25) is 0 Å². The van der Waals surface area contributed by atoms with Crippen molar-refractivity contribution >= 4 is 15.8 Å². The first-order chi connectivity index (χ1) is 9.01. The maximum Gasteiger partial charge on any atom is 0.264 e. The van der Waals surface area contributed by atoms with Crippen molar-refractivity contribution in [3.63, 3.8) is 0 Å². The van der Waals surface area contributed by atoms with E-state index in [0.717, 1.165) is 0 Å². The zero-order valence-corrected chi connectivity index (χ0v) is 10.6. The third-order valence-corrected chi connectivity index (χ3v) is 3.71. The SMILES string of the molecule is NCc1cccc(S(=O)(=O)Nc2ccc(=O)[nH]n2)c1. The second kappa shape index (κ2) is 5.21. The first kappa shape index (κ1) is 13.2. The molecule has 0 bridgehead atoms. The van der Waals surface area contributed by atoms with Gasteiger partial charge in [0.25, 0.3) is 15.6 Å². The summed E-state index contributed by atoms with van der Waals surface area (Å²) in [6.07, 6.45) is 0. The van der Waals surface area contributed by atoms with Crippen molar-refractivity contribution in [2.24, 2.45) is 5.73 Å². The molecule has 0 aliphatic rings. The quantitative estimate of drug-likeness (QED) is 0.730. The number of nitrogens with one attached hydrogen (secondary N) is 2. The molecule has 0 aliphatic heterocycles. The summed E-state index contributed by atoms with van der Waals surface area (Å²) in [5.74, 6) is 0.0396. The van der Waals surface area contributed by atoms with E-state index >= 15 is 0 Å². The van der Waals surface area contributed by atoms with Crippen LogP contribution < -0.4 is 16.0 Å². The average molecular weight is 280 g/mol. The van der Waals surface area contributed by atoms with E-state index < -0.39 is 15.6 Å². The van der Waals surface area contributed by atoms with Crippen LogP contribution in [0.15, 0.2) is 46.1 Å². The number of nitrogens with two attached hydrogens (primary N) is 1. The van der Waals surface area contributed by atoms with Gasteiger partial charge in [-0.2, -0.15) is 5.10 Å². The molecule has 1 aromatic carbocycles. The van der Waals surface area contributed by atoms with Crippen molar-refractivity contribution in [1.29, 1.82) is 0 Å². The molecule has 1 aromatic heterocycles. The minimum atomic E-state index is -3.75. The Kier molecular flexibility index (Phi) is 3.63. The van der Waals surface area contributed by atoms with E-state index in [0.29, 0.717) is 5.56 Å². The summed E-state index contributed by atoms with van der Waals surface area (Å²) in [5, 5.41) is 5.72. The van der Waals surface area contributed by atoms with E-state index in [-0.39, 0.29) is 17.3 Å². The van der Waals surface area contributed by atoms with E-state index in [9.17, 15) is 13.2 Å². The summed E-state index contributed by atoms with van der Waals surface area (Å²) >= 11 is 0. The van der Waals surface area contributed by atoms with Gasteiger partial charge in [-0.25, -0.2) is 13.5 Å². The number of anilines is 1. The Morgan fingerprint density at radius 1 is 1.26 bits per heavy atom. The van der Waals surface area contributed by atoms with Gasteiger partial charge in [0.05, 0.1) is 4.90 Å². The predicted octanol–water partition coefficient (Wildman–Crippen LogP) is 0.0294. The zero-order chi connectivity index (χ0) is 13.9. The van der Waals surface area contributed by atoms with Gasteiger partial charge in [0.1, 0.15) is 0 Å². The van der Waals surface area contributed by atoms with E-state index in [1.165, 1.54) is 24.3 Å². The number of aromatic nitrogens is 2. The van der Waals surface area contributed by atoms with Crippen LogP contribution in [0.1, 0.15) is 5.56 Å². The number of sulfonamides is 1. The van der Waals surface area contributed by atoms with Crippen molar-refractivity contribution in [2.75, 3.05) is 4.72 Å². The van der Waals surface area contributed by atoms with E-state index in [4.69, 9.17) is 5.73 Å². The summed E-state index contributed by atoms with van der Waals surface area (Å²) < 4.78 is 26.4. The summed E-state index contributed by atoms with van der Waals surface area (Å²) in [4.78, 5) is 10.9. The fourth-order valence-electron chi connectivity index (χ4n) is 1.44. The van der Waals surface area contributed by atoms with Crippen molar-refractivity contribution in [3.05, 3.63) is 52.3 Å². The number of aromatic amines is 1. The third-order valence-electron chi connectivity index (χ3n) is 2.36. The van der Waals surface area contributed by atoms with Crippen molar-refractivity contribution in [1.82, 2.24) is 10.2 Å². The van der Waals surface area contributed by atoms with Crippen LogP contribution in [0.5, 0.6) is 0 Å². The van der Waals surface area contributed by atoms with Gasteiger partial charge in [-0.3, -0.25) is 9.52 Å². The number of H-pyrrole nitrogens is 1. The van der Waals surface area contributed by atoms with Crippen LogP contribution in [-0.4, -0.2) is 18.6 Å². The Labute approximate surface area is 109 Å². The Morgan fingerprint density at radius 3 is 2.68 bits per heavy atom. The molecule has 0 atom stereocenters. The maximum atomic E-state index is 12.1. The van der Waals surface area contributed by atoms with Gasteiger partial charge in [0.2, 0.25) is 0 Å². The molecule has 2 aromatic rings. The normalized spacial score (nSPS) is 11.2. The highest BCUT2D eigenvalue weighted by molar-refractivity contribution is 7.92. The van der Waals surface area contributed by atoms with Crippen LogP contribution in [0, 0.1) is 0 Å². The molecule has 8 heteroatoms. The summed E-state index contributed by atoms with van der Waals surface area (Å²) in [6.45, 7) is 0.250. The number of benzene rings is 1. The highest BCUT2D eigenvalue weighted by Crippen LogP contribution is 2.14. The molecule has 0 fully saturated rings. The second-order valence-corrected chi connectivity index (χ2v) is 5.45. The number of nitrogens with zero attached hydrogens (tertiary/aromatic N) is 1. The topological polar surface area (TPSA) is 118 Å². The van der Waals surface area contributed by atoms with Crippen LogP contribution in [0.4, 0.5) is 5.82 Å². The Morgan fingerprint density at radius 2 is 2.05 bits per heavy atom. The molecule has 0 radical (unpaired) electrons. The van der Waals surface area contributed by atoms with Gasteiger partial charge >= 0.3 is 0 Å². The molecule has 4 N–H and O–H groups in total. The molecule has 7 nitrogen and oxygen atoms in total. The molecule has 0 saturated carbocycles. The van der Waals surface area contributed by atoms with Crippen molar-refractivity contribution in [2.45, 2.75) is 11.4 Å². The van der Waals surface area contributed by atoms with Crippen molar-refractivity contribution < 1.29 is 8.42 Å². The summed E-state index contributed by atoms with van der Waals surface area (Å²) in [6, 6.07) is 8.74. The average Bonchev–Trinajstić information content (AvgIpc) is 2.41. The molecular weight excluding hydrogens is 268 g/mol. The Hall–Kier alpha value is -2.19. The van der Waals surface area contributed by atoms with E-state index in [1.54, 1.807) is 12.1 Å². The largest absolute Gasteiger partial charge is 0.326 e. The molecule has 19 heavy (non-hydrogen) atoms. The summed E-state index contributed by atoms with van der Waals surface area (Å²) in [5.41, 5.74) is 5.76. The first-order valence-corrected chi connectivity index (χ1v) is 6.87. The van der Waals surface area contributed by atoms with Crippen molar-refractivity contribution in [3.8, 4) is 0 Å². The van der Waals surface area contributed by atoms with Crippen LogP contribution in [0.3, 0.4) is 0 Å². The lowest BCUT2D eigenvalue weighted by Gasteiger charge is -2.07. The standard InChI is InChI=1S/C11H12N4O3S/c12-7-8-2-1-3-9(6-8)19(17,18)15-10-4-5-11(16)14-13-10/h1-6H,7,12H2,(H,13,15)(H,14,16). The van der Waals surface area contributed by atoms with Crippen LogP contribution in [0.25, 0.3) is 0 Å². The Balaban J connectivity index is 2.31. The molecule has 0 spiro atoms. The lowest BCUT2D eigenvalue weighted by atomic mass is 10.2. The molecule has 0 aliphatic carbocycles. The molecular formula is C11H12N4O3S. The molecule has 1 heterocycles. The van der Waals surface area contributed by atoms with Gasteiger partial charge in [-0.15, -0.1) is 0 Å². The zero-order valence-electron chi connectivity index (χ0n) is 9.83. The minimum absolute atomic E-state index is 0.0396.